The number of carboxylic acid groups (broad SMARTS) is 2. The second-order valence-electron chi connectivity index (χ2n) is 9.63. The molecule has 0 radical (unpaired) electrons. The number of carboxylic acids is 2. The molecule has 4 heterocycles. The largest absolute Gasteiger partial charge is 0.507 e. The molecule has 47 heavy (non-hydrogen) atoms. The molecular formula is C32H24N8NiO6. The number of pyridine rings is 4. The number of hydrogen-bond acceptors (Lipinski definition) is 12. The van der Waals surface area contributed by atoms with Crippen molar-refractivity contribution < 1.29 is 46.5 Å². The van der Waals surface area contributed by atoms with E-state index in [1.165, 1.54) is 24.3 Å². The number of aromatic hydroxyl groups is 2. The summed E-state index contributed by atoms with van der Waals surface area (Å²) in [6, 6.07) is 19.3. The van der Waals surface area contributed by atoms with Crippen LogP contribution in [0.15, 0.2) is 106 Å². The smallest absolute Gasteiger partial charge is 0.337 e. The van der Waals surface area contributed by atoms with Crippen LogP contribution >= 0.6 is 0 Å². The SMILES string of the molecule is Cc1nc2c(N=Nc3ccccn3)ccc(O)c2cc1C(=O)O.Cc1nc2c(N=Nc3ccccn3)ccc(O)c2cc1C(=O)O.[Ni]. The van der Waals surface area contributed by atoms with E-state index < -0.39 is 11.9 Å². The Kier molecular flexibility index (Phi) is 10.5. The first-order valence-electron chi connectivity index (χ1n) is 13.5. The Morgan fingerprint density at radius 2 is 1.00 bits per heavy atom. The quantitative estimate of drug-likeness (QED) is 0.101. The van der Waals surface area contributed by atoms with Crippen molar-refractivity contribution in [3.05, 3.63) is 108 Å². The third-order valence-electron chi connectivity index (χ3n) is 6.54. The maximum atomic E-state index is 11.2. The number of aromatic nitrogens is 4. The number of phenols is 2. The van der Waals surface area contributed by atoms with Gasteiger partial charge in [-0.05, 0) is 74.5 Å². The van der Waals surface area contributed by atoms with E-state index in [0.29, 0.717) is 56.2 Å². The van der Waals surface area contributed by atoms with Crippen molar-refractivity contribution in [1.29, 1.82) is 0 Å². The van der Waals surface area contributed by atoms with Crippen LogP contribution in [0.3, 0.4) is 0 Å². The zero-order valence-corrected chi connectivity index (χ0v) is 25.6. The van der Waals surface area contributed by atoms with Gasteiger partial charge in [0.1, 0.15) is 33.9 Å². The normalized spacial score (nSPS) is 10.9. The minimum atomic E-state index is -1.10. The molecule has 0 saturated carbocycles. The molecule has 2 aromatic carbocycles. The molecule has 0 unspecified atom stereocenters. The number of benzene rings is 2. The zero-order valence-electron chi connectivity index (χ0n) is 24.6. The Balaban J connectivity index is 0.000000208. The van der Waals surface area contributed by atoms with Gasteiger partial charge in [0.25, 0.3) is 0 Å². The molecule has 0 amide bonds. The fourth-order valence-corrected chi connectivity index (χ4v) is 4.28. The van der Waals surface area contributed by atoms with Crippen LogP contribution in [0.1, 0.15) is 32.1 Å². The van der Waals surface area contributed by atoms with Crippen molar-refractivity contribution >= 4 is 56.8 Å². The molecule has 0 saturated heterocycles. The van der Waals surface area contributed by atoms with Gasteiger partial charge < -0.3 is 20.4 Å². The van der Waals surface area contributed by atoms with E-state index in [0.717, 1.165) is 0 Å². The molecule has 238 valence electrons. The standard InChI is InChI=1S/2C16H12N4O3.Ni/c2*1-9-10(16(22)23)8-11-13(21)6-5-12(15(11)18-9)19-20-14-4-2-3-7-17-14;/h2*2-8,21H,1H3,(H,22,23);. The van der Waals surface area contributed by atoms with Crippen LogP contribution in [-0.2, 0) is 16.5 Å². The van der Waals surface area contributed by atoms with Gasteiger partial charge in [0.05, 0.1) is 22.5 Å². The first-order valence-corrected chi connectivity index (χ1v) is 13.5. The topological polar surface area (TPSA) is 216 Å². The Labute approximate surface area is 276 Å². The van der Waals surface area contributed by atoms with Crippen LogP contribution in [-0.4, -0.2) is 52.3 Å². The molecular weight excluding hydrogens is 651 g/mol. The summed E-state index contributed by atoms with van der Waals surface area (Å²) in [5.74, 6) is -1.45. The summed E-state index contributed by atoms with van der Waals surface area (Å²) in [7, 11) is 0. The molecule has 6 rings (SSSR count). The number of phenolic OH excluding ortho intramolecular Hbond substituents is 2. The zero-order chi connectivity index (χ0) is 32.8. The minimum Gasteiger partial charge on any atom is -0.507 e. The van der Waals surface area contributed by atoms with Gasteiger partial charge in [-0.2, -0.15) is 0 Å². The number of aryl methyl sites for hydroxylation is 2. The van der Waals surface area contributed by atoms with Gasteiger partial charge in [-0.3, -0.25) is 0 Å². The third-order valence-corrected chi connectivity index (χ3v) is 6.54. The van der Waals surface area contributed by atoms with Gasteiger partial charge in [-0.25, -0.2) is 29.5 Å². The minimum absolute atomic E-state index is 0. The van der Waals surface area contributed by atoms with Gasteiger partial charge in [-0.15, -0.1) is 20.5 Å². The third kappa shape index (κ3) is 7.72. The molecule has 0 atom stereocenters. The molecule has 4 N–H and O–H groups in total. The molecule has 6 aromatic rings. The maximum Gasteiger partial charge on any atom is 0.337 e. The first kappa shape index (κ1) is 33.7. The van der Waals surface area contributed by atoms with Crippen LogP contribution in [0.2, 0.25) is 0 Å². The molecule has 15 heteroatoms. The Morgan fingerprint density at radius 3 is 1.34 bits per heavy atom. The number of aromatic carboxylic acids is 2. The number of fused-ring (bicyclic) bond motifs is 2. The molecule has 0 spiro atoms. The molecule has 0 aliphatic heterocycles. The summed E-state index contributed by atoms with van der Waals surface area (Å²) in [6.07, 6.45) is 3.20. The van der Waals surface area contributed by atoms with Gasteiger partial charge in [-0.1, -0.05) is 12.1 Å². The van der Waals surface area contributed by atoms with Crippen molar-refractivity contribution in [3.8, 4) is 11.5 Å². The average molecular weight is 675 g/mol. The molecule has 4 aromatic heterocycles. The fraction of sp³-hybridized carbons (Fsp3) is 0.0625. The van der Waals surface area contributed by atoms with Gasteiger partial charge in [0.15, 0.2) is 11.6 Å². The van der Waals surface area contributed by atoms with Crippen molar-refractivity contribution in [1.82, 2.24) is 19.9 Å². The maximum absolute atomic E-state index is 11.2. The summed E-state index contributed by atoms with van der Waals surface area (Å²) >= 11 is 0. The van der Waals surface area contributed by atoms with Gasteiger partial charge in [0, 0.05) is 39.7 Å². The summed E-state index contributed by atoms with van der Waals surface area (Å²) < 4.78 is 0. The van der Waals surface area contributed by atoms with Crippen molar-refractivity contribution in [2.24, 2.45) is 20.5 Å². The van der Waals surface area contributed by atoms with Gasteiger partial charge >= 0.3 is 11.9 Å². The van der Waals surface area contributed by atoms with Crippen LogP contribution in [0.4, 0.5) is 23.0 Å². The Bertz CT molecular complexity index is 2010. The number of azo groups is 2. The van der Waals surface area contributed by atoms with E-state index >= 15 is 0 Å². The van der Waals surface area contributed by atoms with Crippen molar-refractivity contribution in [3.63, 3.8) is 0 Å². The number of carbonyl (C=O) groups is 2. The molecule has 0 bridgehead atoms. The van der Waals surface area contributed by atoms with Crippen molar-refractivity contribution in [2.75, 3.05) is 0 Å². The van der Waals surface area contributed by atoms with Crippen LogP contribution in [0.5, 0.6) is 11.5 Å². The Hall–Kier alpha value is -6.21. The van der Waals surface area contributed by atoms with E-state index in [2.05, 4.69) is 40.4 Å². The molecule has 14 nitrogen and oxygen atoms in total. The van der Waals surface area contributed by atoms with E-state index in [-0.39, 0.29) is 39.1 Å². The Morgan fingerprint density at radius 1 is 0.596 bits per heavy atom. The second-order valence-corrected chi connectivity index (χ2v) is 9.63. The van der Waals surface area contributed by atoms with E-state index in [1.54, 1.807) is 74.8 Å². The predicted octanol–water partition coefficient (Wildman–Crippen LogP) is 7.51. The predicted molar refractivity (Wildman–Crippen MR) is 167 cm³/mol. The fourth-order valence-electron chi connectivity index (χ4n) is 4.28. The number of rotatable bonds is 6. The second kappa shape index (κ2) is 14.7. The average Bonchev–Trinajstić information content (AvgIpc) is 3.05. The monoisotopic (exact) mass is 674 g/mol. The van der Waals surface area contributed by atoms with Crippen molar-refractivity contribution in [2.45, 2.75) is 13.8 Å². The van der Waals surface area contributed by atoms with E-state index in [9.17, 15) is 19.8 Å². The summed E-state index contributed by atoms with van der Waals surface area (Å²) in [5.41, 5.74) is 2.35. The summed E-state index contributed by atoms with van der Waals surface area (Å²) in [6.45, 7) is 3.18. The molecule has 0 fully saturated rings. The number of hydrogen-bond donors (Lipinski definition) is 4. The van der Waals surface area contributed by atoms with Crippen LogP contribution in [0, 0.1) is 13.8 Å². The van der Waals surface area contributed by atoms with E-state index in [4.69, 9.17) is 10.2 Å². The van der Waals surface area contributed by atoms with Crippen LogP contribution < -0.4 is 0 Å². The van der Waals surface area contributed by atoms with Gasteiger partial charge in [0.2, 0.25) is 0 Å². The first-order chi connectivity index (χ1) is 22.1. The number of nitrogens with zero attached hydrogens (tertiary/aromatic N) is 8. The summed E-state index contributed by atoms with van der Waals surface area (Å²) in [4.78, 5) is 39.0. The van der Waals surface area contributed by atoms with E-state index in [1.807, 2.05) is 0 Å². The summed E-state index contributed by atoms with van der Waals surface area (Å²) in [5, 5.41) is 55.1. The van der Waals surface area contributed by atoms with Crippen LogP contribution in [0.25, 0.3) is 21.8 Å². The molecule has 0 aliphatic carbocycles. The molecule has 0 aliphatic rings.